The Bertz CT molecular complexity index is 1310. The molecule has 1 aromatic carbocycles. The van der Waals surface area contributed by atoms with Crippen molar-refractivity contribution >= 4 is 11.0 Å². The lowest BCUT2D eigenvalue weighted by Gasteiger charge is -2.07. The lowest BCUT2D eigenvalue weighted by molar-refractivity contribution is 0.426. The lowest BCUT2D eigenvalue weighted by Crippen LogP contribution is -2.01. The molecule has 9 heteroatoms. The Kier molecular flexibility index (Phi) is 7.09. The molecule has 0 fully saturated rings. The van der Waals surface area contributed by atoms with Crippen molar-refractivity contribution in [2.24, 2.45) is 0 Å². The van der Waals surface area contributed by atoms with Crippen LogP contribution in [-0.4, -0.2) is 35.1 Å². The van der Waals surface area contributed by atoms with Gasteiger partial charge in [0.1, 0.15) is 11.5 Å². The predicted octanol–water partition coefficient (Wildman–Crippen LogP) is 5.67. The van der Waals surface area contributed by atoms with E-state index in [0.717, 1.165) is 5.39 Å². The Morgan fingerprint density at radius 1 is 1.00 bits per heavy atom. The molecule has 166 valence electrons. The first kappa shape index (κ1) is 22.8. The number of aryl methyl sites for hydroxylation is 2. The molecule has 0 aliphatic heterocycles. The fourth-order valence-electron chi connectivity index (χ4n) is 3.19. The highest BCUT2D eigenvalue weighted by molar-refractivity contribution is 5.95. The molecular weight excluding hydrogens is 409 g/mol. The van der Waals surface area contributed by atoms with E-state index in [1.807, 2.05) is 40.7 Å². The van der Waals surface area contributed by atoms with Crippen LogP contribution >= 0.6 is 0 Å². The quantitative estimate of drug-likeness (QED) is 0.392. The third kappa shape index (κ3) is 4.14. The number of para-hydroxylation sites is 1. The smallest absolute Gasteiger partial charge is 0.258 e. The van der Waals surface area contributed by atoms with Crippen LogP contribution in [0.5, 0.6) is 0 Å². The molecule has 4 aromatic heterocycles. The summed E-state index contributed by atoms with van der Waals surface area (Å²) >= 11 is 0. The molecule has 0 amide bonds. The van der Waals surface area contributed by atoms with E-state index in [1.54, 1.807) is 37.4 Å². The Labute approximate surface area is 185 Å². The summed E-state index contributed by atoms with van der Waals surface area (Å²) in [5, 5.41) is 16.0. The number of pyridine rings is 1. The third-order valence-corrected chi connectivity index (χ3v) is 4.43. The summed E-state index contributed by atoms with van der Waals surface area (Å²) in [4.78, 5) is 9.07. The minimum absolute atomic E-state index is 0.308. The van der Waals surface area contributed by atoms with Crippen molar-refractivity contribution in [2.75, 3.05) is 0 Å². The van der Waals surface area contributed by atoms with Crippen LogP contribution < -0.4 is 0 Å². The highest BCUT2D eigenvalue weighted by atomic mass is 19.1. The maximum Gasteiger partial charge on any atom is 0.258 e. The third-order valence-electron chi connectivity index (χ3n) is 4.43. The molecule has 0 bridgehead atoms. The average molecular weight is 436 g/mol. The number of H-pyrrole nitrogens is 1. The Balaban J connectivity index is 0.000000686. The van der Waals surface area contributed by atoms with Crippen molar-refractivity contribution in [1.29, 1.82) is 0 Å². The SMILES string of the molecule is CC.CC.Cc1noc(-c2cc(-c3ccn[nH]3)nc3c2c(C)nn3-c2ccccc2F)n1. The minimum atomic E-state index is -0.393. The number of fused-ring (bicyclic) bond motifs is 1. The standard InChI is InChI=1S/C19H14FN7O.2C2H6/c1-10-17-12(19-22-11(2)26-28-19)9-15(14-7-8-21-24-14)23-18(17)27(25-10)16-6-4-3-5-13(16)20;2*1-2/h3-9H,1-2H3,(H,21,24);2*1-2H3. The second kappa shape index (κ2) is 9.95. The number of aromatic nitrogens is 7. The lowest BCUT2D eigenvalue weighted by atomic mass is 10.1. The molecule has 0 unspecified atom stereocenters. The van der Waals surface area contributed by atoms with Crippen LogP contribution in [0.1, 0.15) is 39.2 Å². The summed E-state index contributed by atoms with van der Waals surface area (Å²) in [5.41, 5.74) is 3.46. The van der Waals surface area contributed by atoms with Gasteiger partial charge in [0.2, 0.25) is 0 Å². The fraction of sp³-hybridized carbons (Fsp3) is 0.261. The number of hydrogen-bond donors (Lipinski definition) is 1. The van der Waals surface area contributed by atoms with Crippen LogP contribution in [0.15, 0.2) is 47.1 Å². The van der Waals surface area contributed by atoms with E-state index in [-0.39, 0.29) is 0 Å². The number of rotatable bonds is 3. The maximum atomic E-state index is 14.5. The van der Waals surface area contributed by atoms with Gasteiger partial charge in [0, 0.05) is 6.20 Å². The highest BCUT2D eigenvalue weighted by Crippen LogP contribution is 2.34. The number of benzene rings is 1. The number of nitrogens with one attached hydrogen (secondary N) is 1. The van der Waals surface area contributed by atoms with Crippen molar-refractivity contribution in [3.63, 3.8) is 0 Å². The first-order chi connectivity index (χ1) is 15.6. The van der Waals surface area contributed by atoms with Crippen molar-refractivity contribution < 1.29 is 8.91 Å². The molecule has 0 aliphatic carbocycles. The zero-order valence-corrected chi connectivity index (χ0v) is 19.0. The zero-order valence-electron chi connectivity index (χ0n) is 19.0. The summed E-state index contributed by atoms with van der Waals surface area (Å²) in [6, 6.07) is 10.1. The van der Waals surface area contributed by atoms with Crippen LogP contribution in [0.3, 0.4) is 0 Å². The average Bonchev–Trinajstić information content (AvgIpc) is 3.57. The van der Waals surface area contributed by atoms with E-state index in [4.69, 9.17) is 9.51 Å². The van der Waals surface area contributed by atoms with Crippen molar-refractivity contribution in [1.82, 2.24) is 35.1 Å². The molecule has 4 heterocycles. The van der Waals surface area contributed by atoms with Crippen LogP contribution in [-0.2, 0) is 0 Å². The van der Waals surface area contributed by atoms with Crippen molar-refractivity contribution in [3.8, 4) is 28.5 Å². The fourth-order valence-corrected chi connectivity index (χ4v) is 3.19. The van der Waals surface area contributed by atoms with E-state index < -0.39 is 5.82 Å². The molecule has 5 aromatic rings. The van der Waals surface area contributed by atoms with Gasteiger partial charge in [-0.2, -0.15) is 15.2 Å². The Morgan fingerprint density at radius 3 is 2.38 bits per heavy atom. The Hall–Kier alpha value is -3.88. The van der Waals surface area contributed by atoms with Gasteiger partial charge < -0.3 is 4.52 Å². The van der Waals surface area contributed by atoms with Gasteiger partial charge in [-0.25, -0.2) is 14.1 Å². The van der Waals surface area contributed by atoms with Crippen molar-refractivity contribution in [2.45, 2.75) is 41.5 Å². The summed E-state index contributed by atoms with van der Waals surface area (Å²) < 4.78 is 21.4. The van der Waals surface area contributed by atoms with Crippen LogP contribution in [0.4, 0.5) is 4.39 Å². The van der Waals surface area contributed by atoms with Crippen LogP contribution in [0.2, 0.25) is 0 Å². The van der Waals surface area contributed by atoms with E-state index in [0.29, 0.717) is 45.7 Å². The second-order valence-corrected chi connectivity index (χ2v) is 6.32. The molecule has 0 radical (unpaired) electrons. The number of halogens is 1. The summed E-state index contributed by atoms with van der Waals surface area (Å²) in [5.74, 6) is 0.472. The minimum Gasteiger partial charge on any atom is -0.334 e. The number of hydrogen-bond acceptors (Lipinski definition) is 6. The molecule has 8 nitrogen and oxygen atoms in total. The topological polar surface area (TPSA) is 98.3 Å². The molecule has 5 rings (SSSR count). The van der Waals surface area contributed by atoms with Gasteiger partial charge >= 0.3 is 0 Å². The summed E-state index contributed by atoms with van der Waals surface area (Å²) in [7, 11) is 0. The molecule has 0 spiro atoms. The monoisotopic (exact) mass is 435 g/mol. The van der Waals surface area contributed by atoms with Gasteiger partial charge in [0.05, 0.1) is 28.0 Å². The highest BCUT2D eigenvalue weighted by Gasteiger charge is 2.22. The molecular formula is C23H26FN7O. The first-order valence-corrected chi connectivity index (χ1v) is 10.6. The maximum absolute atomic E-state index is 14.5. The molecule has 0 aliphatic rings. The molecule has 1 N–H and O–H groups in total. The van der Waals surface area contributed by atoms with E-state index in [2.05, 4.69) is 25.4 Å². The van der Waals surface area contributed by atoms with Gasteiger partial charge in [-0.15, -0.1) is 0 Å². The second-order valence-electron chi connectivity index (χ2n) is 6.32. The number of nitrogens with zero attached hydrogens (tertiary/aromatic N) is 6. The van der Waals surface area contributed by atoms with Crippen molar-refractivity contribution in [3.05, 3.63) is 59.9 Å². The molecule has 0 saturated heterocycles. The summed E-state index contributed by atoms with van der Waals surface area (Å²) in [6.07, 6.45) is 1.64. The number of aromatic amines is 1. The van der Waals surface area contributed by atoms with Gasteiger partial charge in [0.25, 0.3) is 5.89 Å². The predicted molar refractivity (Wildman–Crippen MR) is 122 cm³/mol. The largest absolute Gasteiger partial charge is 0.334 e. The van der Waals surface area contributed by atoms with Crippen LogP contribution in [0.25, 0.3) is 39.6 Å². The zero-order chi connectivity index (χ0) is 23.3. The van der Waals surface area contributed by atoms with Gasteiger partial charge in [-0.3, -0.25) is 5.10 Å². The van der Waals surface area contributed by atoms with Crippen LogP contribution in [0, 0.1) is 19.7 Å². The first-order valence-electron chi connectivity index (χ1n) is 10.6. The molecule has 0 saturated carbocycles. The van der Waals surface area contributed by atoms with E-state index >= 15 is 0 Å². The van der Waals surface area contributed by atoms with E-state index in [1.165, 1.54) is 10.7 Å². The van der Waals surface area contributed by atoms with Gasteiger partial charge in [0.15, 0.2) is 11.5 Å². The Morgan fingerprint density at radius 2 is 1.75 bits per heavy atom. The summed E-state index contributed by atoms with van der Waals surface area (Å²) in [6.45, 7) is 11.6. The molecule has 32 heavy (non-hydrogen) atoms. The normalized spacial score (nSPS) is 10.3. The van der Waals surface area contributed by atoms with E-state index in [9.17, 15) is 4.39 Å². The molecule has 0 atom stereocenters. The van der Waals surface area contributed by atoms with Gasteiger partial charge in [-0.1, -0.05) is 45.0 Å². The van der Waals surface area contributed by atoms with Gasteiger partial charge in [-0.05, 0) is 38.1 Å².